The van der Waals surface area contributed by atoms with Gasteiger partial charge in [-0.3, -0.25) is 0 Å². The standard InChI is InChI=1S/C28H31ClFN7O.C28H31ClFN7S.C25H28ClF3N6.C25H28ClFN6O2/c2*1-16-17-4-6-18(7-5-17)19(16)13-21-24(30)28(37-10-8-36(9-11-37)23-3-2-12-38-23)35-26(33-21)20-14-31-27-25(20)34-22(29)15-32-27;1-13-14-2-4-15(5-3-14)16(13)10-18-20(27)24(35-8-6-25(28,29)7-9-35)34-22(32-18)17-11-30-23-21(17)33-19(26)12-31-23;1-12-13-4-6-14(7-5-13)15(12)9-17-20(27)24(33-8-2-3-18(33)25(34)35)32-22(30-17)16-10-28-23-21(16)31-19(26)11-29-23/h2*2-3,12,14-19H,4-11,13H2,1H3,(H,31,32);11-16H,2-10H2,1H3,(H,30,31);10-15,18H,2-9H2,1H3,(H,28,29)(H,34,35)/t2*16-,17?,18?,19+;13-,14?,15?,16+;12-,13?,14?,15+,18-/m0000/s1. The van der Waals surface area contributed by atoms with Crippen molar-refractivity contribution in [1.29, 1.82) is 0 Å². The number of hydrogen-bond donors (Lipinski definition) is 5. The number of alkyl halides is 2. The van der Waals surface area contributed by atoms with E-state index in [9.17, 15) is 18.7 Å². The van der Waals surface area contributed by atoms with Crippen LogP contribution in [0.25, 0.3) is 90.2 Å². The zero-order chi connectivity index (χ0) is 100. The highest BCUT2D eigenvalue weighted by molar-refractivity contribution is 7.14. The number of rotatable bonds is 19. The Morgan fingerprint density at radius 3 is 1.01 bits per heavy atom. The molecule has 0 spiro atoms. The number of piperazine rings is 2. The summed E-state index contributed by atoms with van der Waals surface area (Å²) in [6.45, 7) is 15.6. The summed E-state index contributed by atoms with van der Waals surface area (Å²) < 4.78 is 97.9. The first-order chi connectivity index (χ1) is 70.8. The van der Waals surface area contributed by atoms with Crippen molar-refractivity contribution >= 4 is 143 Å². The quantitative estimate of drug-likeness (QED) is 0.0470. The Balaban J connectivity index is 0.000000107. The summed E-state index contributed by atoms with van der Waals surface area (Å²) in [6, 6.07) is 7.26. The lowest BCUT2D eigenvalue weighted by atomic mass is 9.58. The predicted octanol–water partition coefficient (Wildman–Crippen LogP) is 22.9. The fourth-order valence-electron chi connectivity index (χ4n) is 27.2. The summed E-state index contributed by atoms with van der Waals surface area (Å²) in [6.07, 6.45) is 37.4. The summed E-state index contributed by atoms with van der Waals surface area (Å²) in [7, 11) is 0. The van der Waals surface area contributed by atoms with Crippen LogP contribution in [-0.2, 0) is 30.5 Å². The number of aliphatic carboxylic acids is 1. The minimum Gasteiger partial charge on any atom is -0.480 e. The van der Waals surface area contributed by atoms with Gasteiger partial charge in [0.2, 0.25) is 0 Å². The summed E-state index contributed by atoms with van der Waals surface area (Å²) >= 11 is 26.3. The molecule has 0 unspecified atom stereocenters. The van der Waals surface area contributed by atoms with Crippen LogP contribution in [0, 0.1) is 118 Å². The molecule has 9 atom stereocenters. The molecule has 0 amide bonds. The van der Waals surface area contributed by atoms with Gasteiger partial charge in [0.05, 0.1) is 81.1 Å². The van der Waals surface area contributed by atoms with Crippen molar-refractivity contribution in [2.24, 2.45) is 94.7 Å². The summed E-state index contributed by atoms with van der Waals surface area (Å²) in [5.41, 5.74) is 8.74. The lowest BCUT2D eigenvalue weighted by Crippen LogP contribution is -2.47. The number of nitrogens with zero attached hydrogens (tertiary/aromatic N) is 22. The van der Waals surface area contributed by atoms with E-state index in [1.807, 2.05) is 23.2 Å². The Labute approximate surface area is 864 Å². The van der Waals surface area contributed by atoms with Crippen LogP contribution in [0.4, 0.5) is 60.5 Å². The molecule has 16 aliphatic rings. The van der Waals surface area contributed by atoms with Gasteiger partial charge < -0.3 is 58.9 Å². The highest BCUT2D eigenvalue weighted by Crippen LogP contribution is 2.56. The smallest absolute Gasteiger partial charge is 0.326 e. The molecule has 16 fully saturated rings. The van der Waals surface area contributed by atoms with Crippen LogP contribution in [0.1, 0.15) is 179 Å². The molecule has 4 aliphatic heterocycles. The largest absolute Gasteiger partial charge is 0.480 e. The van der Waals surface area contributed by atoms with Crippen LogP contribution in [0.2, 0.25) is 20.6 Å². The van der Waals surface area contributed by atoms with Gasteiger partial charge in [-0.1, -0.05) is 74.1 Å². The minimum atomic E-state index is -2.73. The molecule has 18 heterocycles. The molecule has 12 aliphatic carbocycles. The number of fused-ring (bicyclic) bond motifs is 16. The SMILES string of the molecule is C[C@H]1C2CCC(CC2)[C@@H]1Cc1nc(-c2c[nH]c3ncc(Cl)nc23)nc(N2CCC(F)(F)CC2)c1F.C[C@H]1C2CCC(CC2)[C@@H]1Cc1nc(-c2c[nH]c3ncc(Cl)nc23)nc(N2CCC[C@H]2C(=O)O)c1F.C[C@H]1C2CCC(CC2)[C@@H]1Cc1nc(-c2c[nH]c3ncc(Cl)nc23)nc(N2CCN(c3ccco3)CC2)c1F.C[C@H]1C2CCC(CC2)[C@@H]1Cc1nc(-c2c[nH]c3ncc(Cl)nc23)nc(N2CCN(c3cccs3)CC2)c1F. The topological polar surface area (TPSA) is 339 Å². The molecule has 5 N–H and O–H groups in total. The van der Waals surface area contributed by atoms with Crippen LogP contribution >= 0.6 is 57.7 Å². The Morgan fingerprint density at radius 2 is 0.699 bits per heavy atom. The molecule has 146 heavy (non-hydrogen) atoms. The number of hydrogen-bond acceptors (Lipinski definition) is 25. The van der Waals surface area contributed by atoms with Crippen molar-refractivity contribution < 1.29 is 40.7 Å². The number of carboxylic acids is 1. The van der Waals surface area contributed by atoms with Gasteiger partial charge >= 0.3 is 5.97 Å². The van der Waals surface area contributed by atoms with Crippen LogP contribution in [0.15, 0.2) is 89.9 Å². The first kappa shape index (κ1) is 98.1. The number of aromatic amines is 4. The van der Waals surface area contributed by atoms with Gasteiger partial charge in [0.1, 0.15) is 48.7 Å². The highest BCUT2D eigenvalue weighted by atomic mass is 35.5. The fraction of sp³-hybridized carbons (Fsp3) is 0.538. The Bertz CT molecular complexity index is 6860. The van der Waals surface area contributed by atoms with E-state index in [-0.39, 0.29) is 59.5 Å². The summed E-state index contributed by atoms with van der Waals surface area (Å²) in [5, 5.41) is 14.2. The van der Waals surface area contributed by atoms with E-state index in [1.165, 1.54) is 133 Å². The molecule has 12 saturated carbocycles. The number of H-pyrrole nitrogens is 4. The van der Waals surface area contributed by atoms with Crippen LogP contribution in [0.5, 0.6) is 0 Å². The normalized spacial score (nSPS) is 26.7. The van der Waals surface area contributed by atoms with E-state index in [4.69, 9.17) is 80.7 Å². The van der Waals surface area contributed by atoms with Gasteiger partial charge in [-0.05, 0) is 260 Å². The predicted molar refractivity (Wildman–Crippen MR) is 553 cm³/mol. The molecule has 29 nitrogen and oxygen atoms in total. The molecular formula is C106H118Cl4F6N26O3S. The van der Waals surface area contributed by atoms with Crippen LogP contribution < -0.4 is 29.4 Å². The van der Waals surface area contributed by atoms with Crippen molar-refractivity contribution in [2.45, 2.75) is 194 Å². The van der Waals surface area contributed by atoms with E-state index in [0.29, 0.717) is 289 Å². The molecule has 8 bridgehead atoms. The van der Waals surface area contributed by atoms with Crippen molar-refractivity contribution in [3.8, 4) is 45.6 Å². The number of anilines is 6. The van der Waals surface area contributed by atoms with Gasteiger partial charge in [-0.25, -0.2) is 111 Å². The second-order valence-electron chi connectivity index (χ2n) is 42.9. The number of aromatic nitrogens is 20. The van der Waals surface area contributed by atoms with Crippen LogP contribution in [0.3, 0.4) is 0 Å². The first-order valence-corrected chi connectivity index (χ1v) is 54.6. The van der Waals surface area contributed by atoms with E-state index >= 15 is 17.6 Å². The number of halogens is 10. The maximum atomic E-state index is 16.3. The van der Waals surface area contributed by atoms with E-state index in [0.717, 1.165) is 43.9 Å². The third-order valence-corrected chi connectivity index (χ3v) is 37.1. The average molecular weight is 2090 g/mol. The van der Waals surface area contributed by atoms with Gasteiger partial charge in [0.15, 0.2) is 98.3 Å². The summed E-state index contributed by atoms with van der Waals surface area (Å²) in [5.74, 6) is 7.21. The van der Waals surface area contributed by atoms with Gasteiger partial charge in [-0.2, -0.15) is 0 Å². The van der Waals surface area contributed by atoms with Crippen molar-refractivity contribution in [3.63, 3.8) is 0 Å². The number of furan rings is 1. The van der Waals surface area contributed by atoms with Crippen LogP contribution in [-0.4, -0.2) is 195 Å². The molecule has 14 aromatic heterocycles. The Kier molecular flexibility index (Phi) is 27.6. The number of piperidine rings is 1. The Morgan fingerprint density at radius 1 is 0.390 bits per heavy atom. The highest BCUT2D eigenvalue weighted by Gasteiger charge is 2.49. The van der Waals surface area contributed by atoms with Crippen molar-refractivity contribution in [3.05, 3.63) is 152 Å². The zero-order valence-corrected chi connectivity index (χ0v) is 85.8. The third-order valence-electron chi connectivity index (χ3n) is 35.5. The minimum absolute atomic E-state index is 0.0455. The number of thiophene rings is 1. The maximum absolute atomic E-state index is 16.3. The van der Waals surface area contributed by atoms with E-state index in [2.05, 4.69) is 130 Å². The molecule has 0 radical (unpaired) electrons. The third kappa shape index (κ3) is 19.4. The molecule has 4 saturated heterocycles. The fourth-order valence-corrected chi connectivity index (χ4v) is 28.6. The molecular weight excluding hydrogens is 1970 g/mol. The lowest BCUT2D eigenvalue weighted by molar-refractivity contribution is -0.138. The van der Waals surface area contributed by atoms with Crippen molar-refractivity contribution in [2.75, 3.05) is 101 Å². The zero-order valence-electron chi connectivity index (χ0n) is 81.9. The second-order valence-corrected chi connectivity index (χ2v) is 45.4. The molecule has 14 aromatic rings. The lowest BCUT2D eigenvalue weighted by Gasteiger charge is -2.47. The molecule has 30 rings (SSSR count). The second kappa shape index (κ2) is 41.0. The molecule has 766 valence electrons. The number of carboxylic acid groups (broad SMARTS) is 1. The number of carbonyl (C=O) groups is 1. The number of nitrogens with one attached hydrogen (secondary N) is 4. The summed E-state index contributed by atoms with van der Waals surface area (Å²) in [4.78, 5) is 109. The van der Waals surface area contributed by atoms with Gasteiger partial charge in [0.25, 0.3) is 5.92 Å². The van der Waals surface area contributed by atoms with Crippen molar-refractivity contribution in [1.82, 2.24) is 99.7 Å². The maximum Gasteiger partial charge on any atom is 0.326 e. The average Bonchev–Trinajstić information content (AvgIpc) is 1.62. The monoisotopic (exact) mass is 2090 g/mol. The van der Waals surface area contributed by atoms with E-state index < -0.39 is 29.6 Å². The van der Waals surface area contributed by atoms with Gasteiger partial charge in [0, 0.05) is 116 Å². The first-order valence-electron chi connectivity index (χ1n) is 52.2. The molecule has 40 heteroatoms. The van der Waals surface area contributed by atoms with E-state index in [1.54, 1.807) is 46.0 Å². The van der Waals surface area contributed by atoms with Gasteiger partial charge in [-0.15, -0.1) is 11.3 Å². The molecule has 0 aromatic carbocycles. The Hall–Kier alpha value is -11.2.